The van der Waals surface area contributed by atoms with Gasteiger partial charge in [-0.2, -0.15) is 0 Å². The first-order valence-corrected chi connectivity index (χ1v) is 17.3. The molecule has 0 N–H and O–H groups in total. The van der Waals surface area contributed by atoms with Crippen molar-refractivity contribution < 1.29 is 47.4 Å². The first-order chi connectivity index (χ1) is 22.4. The highest BCUT2D eigenvalue weighted by molar-refractivity contribution is 5.27. The first kappa shape index (κ1) is 41.7. The fourth-order valence-corrected chi connectivity index (χ4v) is 4.16. The van der Waals surface area contributed by atoms with Gasteiger partial charge in [-0.3, -0.25) is 0 Å². The SMILES string of the molecule is CCCCCCCCCc1ccc(OCCOCCOCCOCCOCCOCCOCCOCCOCCOCC)cc1. The van der Waals surface area contributed by atoms with E-state index in [1.807, 2.05) is 6.92 Å². The maximum absolute atomic E-state index is 5.78. The van der Waals surface area contributed by atoms with E-state index in [2.05, 4.69) is 31.2 Å². The normalized spacial score (nSPS) is 11.4. The summed E-state index contributed by atoms with van der Waals surface area (Å²) < 4.78 is 54.8. The van der Waals surface area contributed by atoms with Crippen molar-refractivity contribution in [3.8, 4) is 5.75 Å². The van der Waals surface area contributed by atoms with Crippen molar-refractivity contribution in [2.45, 2.75) is 65.2 Å². The predicted molar refractivity (Wildman–Crippen MR) is 177 cm³/mol. The number of ether oxygens (including phenoxy) is 10. The van der Waals surface area contributed by atoms with Gasteiger partial charge >= 0.3 is 0 Å². The average molecular weight is 645 g/mol. The molecule has 1 aromatic carbocycles. The molecular formula is C35H64O10. The predicted octanol–water partition coefficient (Wildman–Crippen LogP) is 5.53. The highest BCUT2D eigenvalue weighted by Gasteiger charge is 1.99. The molecule has 0 fully saturated rings. The molecule has 0 radical (unpaired) electrons. The van der Waals surface area contributed by atoms with Crippen molar-refractivity contribution in [1.29, 1.82) is 0 Å². The van der Waals surface area contributed by atoms with E-state index >= 15 is 0 Å². The van der Waals surface area contributed by atoms with Gasteiger partial charge < -0.3 is 47.4 Å². The van der Waals surface area contributed by atoms with Crippen LogP contribution in [0.5, 0.6) is 5.75 Å². The van der Waals surface area contributed by atoms with E-state index in [9.17, 15) is 0 Å². The molecule has 0 unspecified atom stereocenters. The molecule has 0 aliphatic rings. The van der Waals surface area contributed by atoms with Crippen LogP contribution in [0.3, 0.4) is 0 Å². The number of hydrogen-bond donors (Lipinski definition) is 0. The molecule has 0 aromatic heterocycles. The topological polar surface area (TPSA) is 92.3 Å². The lowest BCUT2D eigenvalue weighted by Crippen LogP contribution is -2.15. The maximum Gasteiger partial charge on any atom is 0.119 e. The van der Waals surface area contributed by atoms with Crippen LogP contribution in [0.4, 0.5) is 0 Å². The Morgan fingerprint density at radius 2 is 0.689 bits per heavy atom. The molecule has 0 aliphatic heterocycles. The molecule has 1 rings (SSSR count). The summed E-state index contributed by atoms with van der Waals surface area (Å²) in [4.78, 5) is 0. The third kappa shape index (κ3) is 31.0. The van der Waals surface area contributed by atoms with Crippen molar-refractivity contribution in [1.82, 2.24) is 0 Å². The molecule has 0 heterocycles. The zero-order chi connectivity index (χ0) is 32.1. The molecular weight excluding hydrogens is 580 g/mol. The van der Waals surface area contributed by atoms with E-state index in [-0.39, 0.29) is 0 Å². The minimum atomic E-state index is 0.525. The third-order valence-corrected chi connectivity index (χ3v) is 6.67. The van der Waals surface area contributed by atoms with Gasteiger partial charge in [0.2, 0.25) is 0 Å². The average Bonchev–Trinajstić information content (AvgIpc) is 3.06. The van der Waals surface area contributed by atoms with Crippen LogP contribution >= 0.6 is 0 Å². The van der Waals surface area contributed by atoms with Gasteiger partial charge in [-0.15, -0.1) is 0 Å². The molecule has 10 nitrogen and oxygen atoms in total. The Hall–Kier alpha value is -1.34. The molecule has 0 bridgehead atoms. The fraction of sp³-hybridized carbons (Fsp3) is 0.829. The molecule has 0 amide bonds. The summed E-state index contributed by atoms with van der Waals surface area (Å²) in [6.45, 7) is 14.7. The zero-order valence-corrected chi connectivity index (χ0v) is 28.5. The Balaban J connectivity index is 1.72. The minimum absolute atomic E-state index is 0.525. The van der Waals surface area contributed by atoms with Crippen LogP contribution in [0, 0.1) is 0 Å². The summed E-state index contributed by atoms with van der Waals surface area (Å²) in [6.07, 6.45) is 10.5. The molecule has 0 atom stereocenters. The van der Waals surface area contributed by atoms with Crippen LogP contribution in [0.1, 0.15) is 64.4 Å². The Kier molecular flexibility index (Phi) is 32.9. The number of hydrogen-bond acceptors (Lipinski definition) is 10. The second-order valence-electron chi connectivity index (χ2n) is 10.5. The monoisotopic (exact) mass is 644 g/mol. The first-order valence-electron chi connectivity index (χ1n) is 17.3. The van der Waals surface area contributed by atoms with E-state index in [1.165, 1.54) is 50.5 Å². The molecule has 1 aromatic rings. The number of unbranched alkanes of at least 4 members (excludes halogenated alkanes) is 6. The number of benzene rings is 1. The fourth-order valence-electron chi connectivity index (χ4n) is 4.16. The molecule has 45 heavy (non-hydrogen) atoms. The summed E-state index contributed by atoms with van der Waals surface area (Å²) in [6, 6.07) is 8.46. The van der Waals surface area contributed by atoms with Gasteiger partial charge in [0, 0.05) is 6.61 Å². The van der Waals surface area contributed by atoms with Crippen LogP contribution in [0.15, 0.2) is 24.3 Å². The highest BCUT2D eigenvalue weighted by atomic mass is 16.6. The Bertz CT molecular complexity index is 692. The third-order valence-electron chi connectivity index (χ3n) is 6.67. The summed E-state index contributed by atoms with van der Waals surface area (Å²) in [5, 5.41) is 0. The molecule has 0 saturated heterocycles. The van der Waals surface area contributed by atoms with Gasteiger partial charge in [0.05, 0.1) is 112 Å². The smallest absolute Gasteiger partial charge is 0.119 e. The lowest BCUT2D eigenvalue weighted by molar-refractivity contribution is -0.0252. The standard InChI is InChI=1S/C35H64O10/c1-3-5-6-7-8-9-10-11-34-12-14-35(15-13-34)45-33-32-44-31-30-43-29-28-42-27-26-41-25-24-40-23-22-39-21-20-38-19-18-37-17-16-36-4-2/h12-15H,3-11,16-33H2,1-2H3. The number of rotatable bonds is 37. The van der Waals surface area contributed by atoms with Crippen LogP contribution in [-0.4, -0.2) is 126 Å². The Labute approximate surface area is 273 Å². The second kappa shape index (κ2) is 35.5. The van der Waals surface area contributed by atoms with Crippen LogP contribution in [-0.2, 0) is 49.1 Å². The van der Waals surface area contributed by atoms with Gasteiger partial charge in [0.25, 0.3) is 0 Å². The molecule has 0 spiro atoms. The van der Waals surface area contributed by atoms with Gasteiger partial charge in [0.15, 0.2) is 0 Å². The molecule has 0 saturated carbocycles. The zero-order valence-electron chi connectivity index (χ0n) is 28.5. The van der Waals surface area contributed by atoms with Crippen LogP contribution in [0.25, 0.3) is 0 Å². The van der Waals surface area contributed by atoms with Gasteiger partial charge in [-0.25, -0.2) is 0 Å². The van der Waals surface area contributed by atoms with E-state index < -0.39 is 0 Å². The van der Waals surface area contributed by atoms with E-state index in [4.69, 9.17) is 47.4 Å². The Morgan fingerprint density at radius 1 is 0.356 bits per heavy atom. The summed E-state index contributed by atoms with van der Waals surface area (Å²) in [5.74, 6) is 0.890. The maximum atomic E-state index is 5.78. The quantitative estimate of drug-likeness (QED) is 0.0862. The minimum Gasteiger partial charge on any atom is -0.491 e. The van der Waals surface area contributed by atoms with E-state index in [0.29, 0.717) is 126 Å². The van der Waals surface area contributed by atoms with Gasteiger partial charge in [-0.05, 0) is 37.5 Å². The molecule has 10 heteroatoms. The summed E-state index contributed by atoms with van der Waals surface area (Å²) >= 11 is 0. The molecule has 264 valence electrons. The Morgan fingerprint density at radius 3 is 1.07 bits per heavy atom. The lowest BCUT2D eigenvalue weighted by Gasteiger charge is -2.09. The summed E-state index contributed by atoms with van der Waals surface area (Å²) in [5.41, 5.74) is 1.38. The van der Waals surface area contributed by atoms with Crippen LogP contribution < -0.4 is 4.74 Å². The van der Waals surface area contributed by atoms with E-state index in [0.717, 1.165) is 12.2 Å². The van der Waals surface area contributed by atoms with Crippen molar-refractivity contribution in [2.24, 2.45) is 0 Å². The van der Waals surface area contributed by atoms with E-state index in [1.54, 1.807) is 0 Å². The van der Waals surface area contributed by atoms with Crippen LogP contribution in [0.2, 0.25) is 0 Å². The largest absolute Gasteiger partial charge is 0.491 e. The lowest BCUT2D eigenvalue weighted by atomic mass is 10.0. The number of aryl methyl sites for hydroxylation is 1. The van der Waals surface area contributed by atoms with Crippen molar-refractivity contribution >= 4 is 0 Å². The highest BCUT2D eigenvalue weighted by Crippen LogP contribution is 2.15. The molecule has 0 aliphatic carbocycles. The van der Waals surface area contributed by atoms with Gasteiger partial charge in [-0.1, -0.05) is 57.6 Å². The second-order valence-corrected chi connectivity index (χ2v) is 10.5. The van der Waals surface area contributed by atoms with Crippen molar-refractivity contribution in [2.75, 3.05) is 126 Å². The van der Waals surface area contributed by atoms with Crippen molar-refractivity contribution in [3.05, 3.63) is 29.8 Å². The summed E-state index contributed by atoms with van der Waals surface area (Å²) in [7, 11) is 0. The van der Waals surface area contributed by atoms with Gasteiger partial charge in [0.1, 0.15) is 12.4 Å². The van der Waals surface area contributed by atoms with Crippen molar-refractivity contribution in [3.63, 3.8) is 0 Å².